The van der Waals surface area contributed by atoms with Crippen LogP contribution in [0.15, 0.2) is 60.6 Å². The Balaban J connectivity index is 3.97. The zero-order valence-corrected chi connectivity index (χ0v) is 8.39. The number of rotatable bonds is 5. The van der Waals surface area contributed by atoms with E-state index in [4.69, 9.17) is 4.55 Å². The summed E-state index contributed by atoms with van der Waals surface area (Å²) in [6.45, 7) is 3.49. The molecule has 0 saturated heterocycles. The highest BCUT2D eigenvalue weighted by Crippen LogP contribution is 1.87. The average molecular weight is 212 g/mol. The summed E-state index contributed by atoms with van der Waals surface area (Å²) in [5, 5.41) is 0.705. The fraction of sp³-hybridized carbons (Fsp3) is 0. The third-order valence-electron chi connectivity index (χ3n) is 1.05. The molecule has 1 N–H and O–H groups in total. The fourth-order valence-electron chi connectivity index (χ4n) is 0.544. The Morgan fingerprint density at radius 2 is 1.29 bits per heavy atom. The lowest BCUT2D eigenvalue weighted by molar-refractivity contribution is 0.494. The highest BCUT2D eigenvalue weighted by Gasteiger charge is 1.91. The molecule has 0 aromatic carbocycles. The second kappa shape index (κ2) is 7.06. The van der Waals surface area contributed by atoms with Crippen LogP contribution in [-0.4, -0.2) is 13.0 Å². The van der Waals surface area contributed by atoms with E-state index in [1.807, 2.05) is 0 Å². The monoisotopic (exact) mass is 212 g/mol. The molecule has 0 bridgehead atoms. The molecule has 0 aromatic heterocycles. The first-order valence-electron chi connectivity index (χ1n) is 3.83. The predicted octanol–water partition coefficient (Wildman–Crippen LogP) is 2.24. The molecule has 0 rings (SSSR count). The van der Waals surface area contributed by atoms with E-state index < -0.39 is 10.1 Å². The van der Waals surface area contributed by atoms with Gasteiger partial charge in [-0.3, -0.25) is 4.55 Å². The molecule has 0 amide bonds. The van der Waals surface area contributed by atoms with Gasteiger partial charge in [-0.15, -0.1) is 0 Å². The summed E-state index contributed by atoms with van der Waals surface area (Å²) >= 11 is 0. The van der Waals surface area contributed by atoms with Crippen molar-refractivity contribution in [3.05, 3.63) is 60.6 Å². The van der Waals surface area contributed by atoms with E-state index in [2.05, 4.69) is 6.58 Å². The Morgan fingerprint density at radius 1 is 0.857 bits per heavy atom. The Labute approximate surface area is 84.2 Å². The standard InChI is InChI=1S/C10H12O3S/c1-2-3-4-5-6-7-8-9-10-14(11,12)13/h2-10H,1H2,(H,11,12,13)/b4-3-,6-5-,8-7+,10-9+. The molecule has 0 aliphatic carbocycles. The van der Waals surface area contributed by atoms with E-state index >= 15 is 0 Å². The third kappa shape index (κ3) is 10.6. The molecule has 76 valence electrons. The Morgan fingerprint density at radius 3 is 1.71 bits per heavy atom. The van der Waals surface area contributed by atoms with Crippen molar-refractivity contribution < 1.29 is 13.0 Å². The molecule has 14 heavy (non-hydrogen) atoms. The van der Waals surface area contributed by atoms with Gasteiger partial charge in [0.05, 0.1) is 5.41 Å². The molecular weight excluding hydrogens is 200 g/mol. The van der Waals surface area contributed by atoms with E-state index in [-0.39, 0.29) is 0 Å². The maximum Gasteiger partial charge on any atom is 0.287 e. The second-order valence-electron chi connectivity index (χ2n) is 2.23. The number of hydrogen-bond acceptors (Lipinski definition) is 2. The lowest BCUT2D eigenvalue weighted by Crippen LogP contribution is -1.87. The van der Waals surface area contributed by atoms with Crippen molar-refractivity contribution in [3.8, 4) is 0 Å². The molecule has 0 atom stereocenters. The first kappa shape index (κ1) is 12.6. The summed E-state index contributed by atoms with van der Waals surface area (Å²) in [6, 6.07) is 0. The minimum Gasteiger partial charge on any atom is -0.282 e. The zero-order chi connectivity index (χ0) is 10.9. The Hall–Kier alpha value is -1.39. The van der Waals surface area contributed by atoms with Crippen LogP contribution >= 0.6 is 0 Å². The number of allylic oxidation sites excluding steroid dienone is 8. The van der Waals surface area contributed by atoms with Crippen LogP contribution in [0.1, 0.15) is 0 Å². The number of hydrogen-bond donors (Lipinski definition) is 1. The van der Waals surface area contributed by atoms with Crippen molar-refractivity contribution in [2.24, 2.45) is 0 Å². The summed E-state index contributed by atoms with van der Waals surface area (Å²) in [5.74, 6) is 0. The fourth-order valence-corrected chi connectivity index (χ4v) is 0.833. The maximum atomic E-state index is 10.2. The van der Waals surface area contributed by atoms with Crippen LogP contribution < -0.4 is 0 Å². The molecule has 0 radical (unpaired) electrons. The SMILES string of the molecule is C=C\C=C/C=C\C=C\C=C\S(=O)(=O)O. The van der Waals surface area contributed by atoms with Crippen LogP contribution in [0.3, 0.4) is 0 Å². The normalized spacial score (nSPS) is 13.8. The van der Waals surface area contributed by atoms with Crippen molar-refractivity contribution in [1.29, 1.82) is 0 Å². The Kier molecular flexibility index (Phi) is 6.36. The van der Waals surface area contributed by atoms with Crippen LogP contribution in [-0.2, 0) is 10.1 Å². The first-order valence-corrected chi connectivity index (χ1v) is 5.33. The van der Waals surface area contributed by atoms with Crippen molar-refractivity contribution in [1.82, 2.24) is 0 Å². The van der Waals surface area contributed by atoms with Crippen molar-refractivity contribution in [2.45, 2.75) is 0 Å². The van der Waals surface area contributed by atoms with Crippen LogP contribution in [0.5, 0.6) is 0 Å². The van der Waals surface area contributed by atoms with Gasteiger partial charge in [0.25, 0.3) is 10.1 Å². The maximum absolute atomic E-state index is 10.2. The average Bonchev–Trinajstić information content (AvgIpc) is 2.08. The van der Waals surface area contributed by atoms with Crippen molar-refractivity contribution >= 4 is 10.1 Å². The van der Waals surface area contributed by atoms with Crippen molar-refractivity contribution in [2.75, 3.05) is 0 Å². The van der Waals surface area contributed by atoms with Gasteiger partial charge in [-0.25, -0.2) is 0 Å². The largest absolute Gasteiger partial charge is 0.287 e. The smallest absolute Gasteiger partial charge is 0.282 e. The molecule has 0 spiro atoms. The van der Waals surface area contributed by atoms with E-state index in [0.29, 0.717) is 5.41 Å². The van der Waals surface area contributed by atoms with Crippen LogP contribution in [0, 0.1) is 0 Å². The first-order chi connectivity index (χ1) is 6.56. The summed E-state index contributed by atoms with van der Waals surface area (Å²) in [7, 11) is -4.01. The molecular formula is C10H12O3S. The highest BCUT2D eigenvalue weighted by atomic mass is 32.2. The van der Waals surface area contributed by atoms with Gasteiger partial charge in [0.15, 0.2) is 0 Å². The summed E-state index contributed by atoms with van der Waals surface area (Å²) in [4.78, 5) is 0. The van der Waals surface area contributed by atoms with Gasteiger partial charge >= 0.3 is 0 Å². The molecule has 0 aliphatic heterocycles. The summed E-state index contributed by atoms with van der Waals surface area (Å²) in [5.41, 5.74) is 0. The second-order valence-corrected chi connectivity index (χ2v) is 3.54. The van der Waals surface area contributed by atoms with E-state index in [9.17, 15) is 8.42 Å². The van der Waals surface area contributed by atoms with Crippen LogP contribution in [0.25, 0.3) is 0 Å². The zero-order valence-electron chi connectivity index (χ0n) is 7.58. The van der Waals surface area contributed by atoms with E-state index in [0.717, 1.165) is 0 Å². The lowest BCUT2D eigenvalue weighted by atomic mass is 10.4. The van der Waals surface area contributed by atoms with Gasteiger partial charge in [-0.05, 0) is 6.08 Å². The molecule has 3 nitrogen and oxygen atoms in total. The van der Waals surface area contributed by atoms with Gasteiger partial charge in [-0.2, -0.15) is 8.42 Å². The van der Waals surface area contributed by atoms with Gasteiger partial charge < -0.3 is 0 Å². The van der Waals surface area contributed by atoms with Gasteiger partial charge in [0, 0.05) is 0 Å². The van der Waals surface area contributed by atoms with Gasteiger partial charge in [0.1, 0.15) is 0 Å². The minimum atomic E-state index is -4.01. The summed E-state index contributed by atoms with van der Waals surface area (Å²) < 4.78 is 28.7. The molecule has 0 aliphatic rings. The van der Waals surface area contributed by atoms with Crippen LogP contribution in [0.2, 0.25) is 0 Å². The molecule has 0 fully saturated rings. The van der Waals surface area contributed by atoms with Gasteiger partial charge in [0.2, 0.25) is 0 Å². The van der Waals surface area contributed by atoms with Crippen molar-refractivity contribution in [3.63, 3.8) is 0 Å². The molecule has 0 saturated carbocycles. The molecule has 0 unspecified atom stereocenters. The Bertz CT molecular complexity index is 370. The van der Waals surface area contributed by atoms with Gasteiger partial charge in [-0.1, -0.05) is 49.1 Å². The third-order valence-corrected chi connectivity index (χ3v) is 1.55. The molecule has 0 aromatic rings. The quantitative estimate of drug-likeness (QED) is 0.561. The summed E-state index contributed by atoms with van der Waals surface area (Å²) in [6.07, 6.45) is 13.0. The van der Waals surface area contributed by atoms with E-state index in [1.165, 1.54) is 12.2 Å². The highest BCUT2D eigenvalue weighted by molar-refractivity contribution is 7.88. The van der Waals surface area contributed by atoms with E-state index in [1.54, 1.807) is 36.5 Å². The molecule has 0 heterocycles. The molecule has 4 heteroatoms. The lowest BCUT2D eigenvalue weighted by Gasteiger charge is -1.79. The topological polar surface area (TPSA) is 54.4 Å². The van der Waals surface area contributed by atoms with Crippen LogP contribution in [0.4, 0.5) is 0 Å². The minimum absolute atomic E-state index is 0.705. The predicted molar refractivity (Wildman–Crippen MR) is 58.3 cm³/mol.